The van der Waals surface area contributed by atoms with Crippen LogP contribution < -0.4 is 0 Å². The van der Waals surface area contributed by atoms with E-state index in [1.165, 1.54) is 43.4 Å². The maximum atomic E-state index is 14.8. The molecule has 0 heterocycles. The van der Waals surface area contributed by atoms with Crippen molar-refractivity contribution in [2.45, 2.75) is 45.4 Å². The second-order valence-electron chi connectivity index (χ2n) is 8.33. The van der Waals surface area contributed by atoms with Crippen LogP contribution in [0, 0.1) is 30.3 Å². The van der Waals surface area contributed by atoms with E-state index in [9.17, 15) is 13.2 Å². The van der Waals surface area contributed by atoms with Gasteiger partial charge >= 0.3 is 0 Å². The molecule has 0 atom stereocenters. The van der Waals surface area contributed by atoms with Gasteiger partial charge in [0.25, 0.3) is 0 Å². The molecule has 1 fully saturated rings. The molecule has 29 heavy (non-hydrogen) atoms. The molecular formula is C26H27F3. The number of hydrogen-bond donors (Lipinski definition) is 0. The highest BCUT2D eigenvalue weighted by Crippen LogP contribution is 2.37. The Morgan fingerprint density at radius 3 is 1.86 bits per heavy atom. The predicted molar refractivity (Wildman–Crippen MR) is 114 cm³/mol. The van der Waals surface area contributed by atoms with E-state index >= 15 is 0 Å². The van der Waals surface area contributed by atoms with Crippen LogP contribution in [0.15, 0.2) is 54.6 Å². The number of rotatable bonds is 3. The van der Waals surface area contributed by atoms with Gasteiger partial charge in [0.1, 0.15) is 5.82 Å². The van der Waals surface area contributed by atoms with Crippen LogP contribution in [0.3, 0.4) is 0 Å². The standard InChI is InChI=1S/C26H25F3.H2/c1-16-3-6-18(7-4-16)19-9-11-20(12-10-19)22-13-14-23(26(29)25(22)28)21-8-5-17(2)24(27)15-21;/h5,8-16,18H,3-4,6-7H2,1-2H3;1H. The fourth-order valence-electron chi connectivity index (χ4n) is 4.28. The van der Waals surface area contributed by atoms with Crippen molar-refractivity contribution < 1.29 is 14.6 Å². The van der Waals surface area contributed by atoms with Crippen LogP contribution in [0.5, 0.6) is 0 Å². The molecule has 0 radical (unpaired) electrons. The Morgan fingerprint density at radius 1 is 0.724 bits per heavy atom. The lowest BCUT2D eigenvalue weighted by molar-refractivity contribution is 0.348. The van der Waals surface area contributed by atoms with E-state index in [1.54, 1.807) is 25.1 Å². The van der Waals surface area contributed by atoms with E-state index in [4.69, 9.17) is 0 Å². The van der Waals surface area contributed by atoms with Crippen molar-refractivity contribution in [3.05, 3.63) is 83.2 Å². The quantitative estimate of drug-likeness (QED) is 0.418. The summed E-state index contributed by atoms with van der Waals surface area (Å²) in [4.78, 5) is 0. The van der Waals surface area contributed by atoms with Crippen LogP contribution in [-0.2, 0) is 0 Å². The largest absolute Gasteiger partial charge is 0.207 e. The van der Waals surface area contributed by atoms with Crippen molar-refractivity contribution >= 4 is 0 Å². The van der Waals surface area contributed by atoms with Crippen LogP contribution in [0.4, 0.5) is 13.2 Å². The number of hydrogen-bond acceptors (Lipinski definition) is 0. The van der Waals surface area contributed by atoms with Crippen LogP contribution in [0.25, 0.3) is 22.3 Å². The molecule has 4 rings (SSSR count). The van der Waals surface area contributed by atoms with Gasteiger partial charge in [-0.2, -0.15) is 0 Å². The van der Waals surface area contributed by atoms with Crippen LogP contribution in [0.1, 0.15) is 51.1 Å². The summed E-state index contributed by atoms with van der Waals surface area (Å²) in [7, 11) is 0. The topological polar surface area (TPSA) is 0 Å². The van der Waals surface area contributed by atoms with Gasteiger partial charge in [-0.05, 0) is 59.9 Å². The van der Waals surface area contributed by atoms with Crippen molar-refractivity contribution in [2.75, 3.05) is 0 Å². The molecule has 0 spiro atoms. The maximum Gasteiger partial charge on any atom is 0.167 e. The lowest BCUT2D eigenvalue weighted by Gasteiger charge is -2.26. The minimum Gasteiger partial charge on any atom is -0.207 e. The molecule has 3 heteroatoms. The summed E-state index contributed by atoms with van der Waals surface area (Å²) < 4.78 is 43.5. The van der Waals surface area contributed by atoms with Crippen LogP contribution in [-0.4, -0.2) is 0 Å². The lowest BCUT2D eigenvalue weighted by atomic mass is 9.79. The highest BCUT2D eigenvalue weighted by Gasteiger charge is 2.20. The molecule has 0 N–H and O–H groups in total. The Morgan fingerprint density at radius 2 is 1.28 bits per heavy atom. The smallest absolute Gasteiger partial charge is 0.167 e. The molecule has 0 unspecified atom stereocenters. The second-order valence-corrected chi connectivity index (χ2v) is 8.33. The van der Waals surface area contributed by atoms with E-state index in [2.05, 4.69) is 6.92 Å². The van der Waals surface area contributed by atoms with E-state index < -0.39 is 17.5 Å². The maximum absolute atomic E-state index is 14.8. The fourth-order valence-corrected chi connectivity index (χ4v) is 4.28. The molecular weight excluding hydrogens is 369 g/mol. The summed E-state index contributed by atoms with van der Waals surface area (Å²) in [5.41, 5.74) is 3.02. The molecule has 1 saturated carbocycles. The number of halogens is 3. The molecule has 0 aliphatic heterocycles. The van der Waals surface area contributed by atoms with Crippen molar-refractivity contribution in [3.8, 4) is 22.3 Å². The molecule has 0 nitrogen and oxygen atoms in total. The van der Waals surface area contributed by atoms with E-state index in [0.717, 1.165) is 5.92 Å². The Bertz CT molecular complexity index is 1020. The molecule has 152 valence electrons. The van der Waals surface area contributed by atoms with E-state index in [1.807, 2.05) is 24.3 Å². The van der Waals surface area contributed by atoms with Gasteiger partial charge < -0.3 is 0 Å². The summed E-state index contributed by atoms with van der Waals surface area (Å²) >= 11 is 0. The highest BCUT2D eigenvalue weighted by molar-refractivity contribution is 5.72. The van der Waals surface area contributed by atoms with Gasteiger partial charge in [0, 0.05) is 12.6 Å². The molecule has 1 aliphatic rings. The third-order valence-corrected chi connectivity index (χ3v) is 6.27. The Balaban J connectivity index is 0.00000256. The lowest BCUT2D eigenvalue weighted by Crippen LogP contribution is -2.10. The van der Waals surface area contributed by atoms with Crippen molar-refractivity contribution in [1.29, 1.82) is 0 Å². The first kappa shape index (κ1) is 19.8. The van der Waals surface area contributed by atoms with Gasteiger partial charge in [-0.15, -0.1) is 0 Å². The van der Waals surface area contributed by atoms with Crippen molar-refractivity contribution in [3.63, 3.8) is 0 Å². The SMILES string of the molecule is Cc1ccc(-c2ccc(-c3ccc(C4CCC(C)CC4)cc3)c(F)c2F)cc1F.[HH]. The summed E-state index contributed by atoms with van der Waals surface area (Å²) in [6.45, 7) is 3.93. The normalized spacial score (nSPS) is 19.3. The van der Waals surface area contributed by atoms with Gasteiger partial charge in [-0.1, -0.05) is 68.3 Å². The Kier molecular flexibility index (Phi) is 5.49. The number of aryl methyl sites for hydroxylation is 1. The molecule has 0 saturated heterocycles. The summed E-state index contributed by atoms with van der Waals surface area (Å²) in [5.74, 6) is -0.929. The zero-order chi connectivity index (χ0) is 20.5. The monoisotopic (exact) mass is 396 g/mol. The van der Waals surface area contributed by atoms with Gasteiger partial charge in [0.2, 0.25) is 0 Å². The van der Waals surface area contributed by atoms with Crippen molar-refractivity contribution in [1.82, 2.24) is 0 Å². The second kappa shape index (κ2) is 8.06. The van der Waals surface area contributed by atoms with Gasteiger partial charge in [0.05, 0.1) is 0 Å². The third-order valence-electron chi connectivity index (χ3n) is 6.27. The molecule has 3 aromatic rings. The average Bonchev–Trinajstić information content (AvgIpc) is 2.73. The molecule has 3 aromatic carbocycles. The van der Waals surface area contributed by atoms with Gasteiger partial charge in [-0.3, -0.25) is 0 Å². The Hall–Kier alpha value is -2.55. The zero-order valence-electron chi connectivity index (χ0n) is 16.8. The van der Waals surface area contributed by atoms with Crippen LogP contribution >= 0.6 is 0 Å². The van der Waals surface area contributed by atoms with E-state index in [-0.39, 0.29) is 12.6 Å². The fraction of sp³-hybridized carbons (Fsp3) is 0.308. The van der Waals surface area contributed by atoms with E-state index in [0.29, 0.717) is 22.6 Å². The average molecular weight is 396 g/mol. The Labute approximate surface area is 171 Å². The minimum atomic E-state index is -0.948. The first-order chi connectivity index (χ1) is 13.9. The first-order valence-corrected chi connectivity index (χ1v) is 10.3. The molecule has 0 amide bonds. The molecule has 1 aliphatic carbocycles. The van der Waals surface area contributed by atoms with Gasteiger partial charge in [0.15, 0.2) is 11.6 Å². The zero-order valence-corrected chi connectivity index (χ0v) is 16.8. The van der Waals surface area contributed by atoms with Gasteiger partial charge in [-0.25, -0.2) is 13.2 Å². The molecule has 0 aromatic heterocycles. The summed E-state index contributed by atoms with van der Waals surface area (Å²) in [6, 6.07) is 15.3. The predicted octanol–water partition coefficient (Wildman–Crippen LogP) is 8.29. The van der Waals surface area contributed by atoms with Crippen LogP contribution in [0.2, 0.25) is 0 Å². The highest BCUT2D eigenvalue weighted by atomic mass is 19.2. The summed E-state index contributed by atoms with van der Waals surface area (Å²) in [6.07, 6.45) is 4.86. The van der Waals surface area contributed by atoms with Crippen molar-refractivity contribution in [2.24, 2.45) is 5.92 Å². The summed E-state index contributed by atoms with van der Waals surface area (Å²) in [5, 5.41) is 0. The first-order valence-electron chi connectivity index (χ1n) is 10.3. The number of benzene rings is 3. The molecule has 0 bridgehead atoms. The minimum absolute atomic E-state index is 0. The third kappa shape index (κ3) is 3.96.